The summed E-state index contributed by atoms with van der Waals surface area (Å²) in [7, 11) is 0. The molecule has 1 aromatic rings. The van der Waals surface area contributed by atoms with E-state index in [0.717, 1.165) is 18.6 Å². The summed E-state index contributed by atoms with van der Waals surface area (Å²) in [5.41, 5.74) is 0.465. The summed E-state index contributed by atoms with van der Waals surface area (Å²) in [6.45, 7) is 4.62. The third-order valence-electron chi connectivity index (χ3n) is 1.93. The van der Waals surface area contributed by atoms with E-state index in [1.807, 2.05) is 0 Å². The smallest absolute Gasteiger partial charge is 0.187 e. The van der Waals surface area contributed by atoms with E-state index in [0.29, 0.717) is 18.7 Å². The summed E-state index contributed by atoms with van der Waals surface area (Å²) in [6, 6.07) is 2.22. The fraction of sp³-hybridized carbons (Fsp3) is 0.273. The van der Waals surface area contributed by atoms with Gasteiger partial charge in [-0.05, 0) is 30.7 Å². The van der Waals surface area contributed by atoms with Crippen LogP contribution in [0.25, 0.3) is 0 Å². The van der Waals surface area contributed by atoms with Gasteiger partial charge in [-0.2, -0.15) is 0 Å². The molecule has 0 aromatic heterocycles. The van der Waals surface area contributed by atoms with E-state index in [-0.39, 0.29) is 0 Å². The molecular weight excluding hydrogens is 200 g/mol. The molecule has 0 spiro atoms. The number of nitrogens with one attached hydrogen (secondary N) is 1. The molecule has 1 rings (SSSR count). The van der Waals surface area contributed by atoms with Crippen LogP contribution in [0.4, 0.5) is 8.78 Å². The molecule has 0 aliphatic carbocycles. The van der Waals surface area contributed by atoms with E-state index in [9.17, 15) is 8.78 Å². The first kappa shape index (κ1) is 11.7. The highest BCUT2D eigenvalue weighted by Crippen LogP contribution is 2.21. The molecule has 2 nitrogen and oxygen atoms in total. The molecular formula is C11H13F2NO. The first-order valence-corrected chi connectivity index (χ1v) is 4.63. The Labute approximate surface area is 87.2 Å². The molecule has 0 aliphatic rings. The number of hydrogen-bond acceptors (Lipinski definition) is 2. The molecule has 4 heteroatoms. The summed E-state index contributed by atoms with van der Waals surface area (Å²) in [5.74, 6) is -2.80. The monoisotopic (exact) mass is 213 g/mol. The van der Waals surface area contributed by atoms with Gasteiger partial charge in [0.1, 0.15) is 0 Å². The van der Waals surface area contributed by atoms with Crippen molar-refractivity contribution in [3.8, 4) is 5.75 Å². The van der Waals surface area contributed by atoms with Gasteiger partial charge >= 0.3 is 0 Å². The van der Waals surface area contributed by atoms with E-state index in [4.69, 9.17) is 5.11 Å². The zero-order valence-corrected chi connectivity index (χ0v) is 8.26. The van der Waals surface area contributed by atoms with Gasteiger partial charge in [-0.25, -0.2) is 8.78 Å². The van der Waals surface area contributed by atoms with Crippen LogP contribution >= 0.6 is 0 Å². The molecule has 0 heterocycles. The largest absolute Gasteiger partial charge is 0.503 e. The Hall–Kier alpha value is -1.42. The summed E-state index contributed by atoms with van der Waals surface area (Å²) in [4.78, 5) is 0. The van der Waals surface area contributed by atoms with Crippen LogP contribution in [0, 0.1) is 11.6 Å². The van der Waals surface area contributed by atoms with Crippen molar-refractivity contribution in [1.29, 1.82) is 0 Å². The SMILES string of the molecule is C=CCCNCc1cc(F)c(O)c(F)c1. The van der Waals surface area contributed by atoms with E-state index < -0.39 is 17.4 Å². The van der Waals surface area contributed by atoms with Gasteiger partial charge in [0.15, 0.2) is 17.4 Å². The minimum absolute atomic E-state index is 0.363. The molecule has 0 radical (unpaired) electrons. The Bertz CT molecular complexity index is 329. The van der Waals surface area contributed by atoms with Crippen LogP contribution in [0.5, 0.6) is 5.75 Å². The van der Waals surface area contributed by atoms with Crippen LogP contribution in [0.3, 0.4) is 0 Å². The van der Waals surface area contributed by atoms with Gasteiger partial charge in [0.25, 0.3) is 0 Å². The number of phenolic OH excluding ortho intramolecular Hbond substituents is 1. The topological polar surface area (TPSA) is 32.3 Å². The third-order valence-corrected chi connectivity index (χ3v) is 1.93. The summed E-state index contributed by atoms with van der Waals surface area (Å²) in [5, 5.41) is 11.8. The number of halogens is 2. The standard InChI is InChI=1S/C11H13F2NO/c1-2-3-4-14-7-8-5-9(12)11(15)10(13)6-8/h2,5-6,14-15H,1,3-4,7H2. The van der Waals surface area contributed by atoms with Gasteiger partial charge in [0.2, 0.25) is 0 Å². The Kier molecular flexibility index (Phi) is 4.24. The molecule has 0 saturated carbocycles. The van der Waals surface area contributed by atoms with Gasteiger partial charge in [-0.15, -0.1) is 6.58 Å². The molecule has 0 amide bonds. The van der Waals surface area contributed by atoms with Crippen molar-refractivity contribution < 1.29 is 13.9 Å². The van der Waals surface area contributed by atoms with Gasteiger partial charge in [0, 0.05) is 6.54 Å². The lowest BCUT2D eigenvalue weighted by Crippen LogP contribution is -2.14. The number of benzene rings is 1. The second-order valence-electron chi connectivity index (χ2n) is 3.16. The maximum Gasteiger partial charge on any atom is 0.187 e. The number of hydrogen-bond donors (Lipinski definition) is 2. The minimum atomic E-state index is -0.935. The Morgan fingerprint density at radius 2 is 1.93 bits per heavy atom. The minimum Gasteiger partial charge on any atom is -0.503 e. The first-order chi connectivity index (χ1) is 7.15. The van der Waals surface area contributed by atoms with Crippen molar-refractivity contribution in [2.24, 2.45) is 0 Å². The van der Waals surface area contributed by atoms with Gasteiger partial charge < -0.3 is 10.4 Å². The summed E-state index contributed by atoms with van der Waals surface area (Å²) in [6.07, 6.45) is 2.55. The molecule has 2 N–H and O–H groups in total. The number of rotatable bonds is 5. The highest BCUT2D eigenvalue weighted by molar-refractivity contribution is 5.29. The molecule has 0 atom stereocenters. The predicted molar refractivity (Wildman–Crippen MR) is 54.5 cm³/mol. The zero-order chi connectivity index (χ0) is 11.3. The zero-order valence-electron chi connectivity index (χ0n) is 8.26. The lowest BCUT2D eigenvalue weighted by Gasteiger charge is -2.05. The van der Waals surface area contributed by atoms with Gasteiger partial charge in [0.05, 0.1) is 0 Å². The summed E-state index contributed by atoms with van der Waals surface area (Å²) >= 11 is 0. The Morgan fingerprint density at radius 3 is 2.47 bits per heavy atom. The van der Waals surface area contributed by atoms with E-state index in [1.165, 1.54) is 0 Å². The normalized spacial score (nSPS) is 10.3. The highest BCUT2D eigenvalue weighted by atomic mass is 19.1. The van der Waals surface area contributed by atoms with Crippen molar-refractivity contribution in [1.82, 2.24) is 5.32 Å². The molecule has 0 bridgehead atoms. The average molecular weight is 213 g/mol. The predicted octanol–water partition coefficient (Wildman–Crippen LogP) is 2.34. The van der Waals surface area contributed by atoms with Gasteiger partial charge in [-0.1, -0.05) is 6.08 Å². The maximum atomic E-state index is 12.9. The fourth-order valence-electron chi connectivity index (χ4n) is 1.16. The lowest BCUT2D eigenvalue weighted by molar-refractivity contribution is 0.395. The first-order valence-electron chi connectivity index (χ1n) is 4.63. The Morgan fingerprint density at radius 1 is 1.33 bits per heavy atom. The van der Waals surface area contributed by atoms with Crippen LogP contribution in [0.2, 0.25) is 0 Å². The van der Waals surface area contributed by atoms with E-state index in [2.05, 4.69) is 11.9 Å². The molecule has 0 aliphatic heterocycles. The van der Waals surface area contributed by atoms with Crippen molar-refractivity contribution in [2.45, 2.75) is 13.0 Å². The van der Waals surface area contributed by atoms with Crippen molar-refractivity contribution in [3.05, 3.63) is 42.0 Å². The molecule has 15 heavy (non-hydrogen) atoms. The highest BCUT2D eigenvalue weighted by Gasteiger charge is 2.08. The second-order valence-corrected chi connectivity index (χ2v) is 3.16. The maximum absolute atomic E-state index is 12.9. The molecule has 82 valence electrons. The second kappa shape index (κ2) is 5.46. The molecule has 0 saturated heterocycles. The Balaban J connectivity index is 2.58. The third kappa shape index (κ3) is 3.32. The van der Waals surface area contributed by atoms with Gasteiger partial charge in [-0.3, -0.25) is 0 Å². The van der Waals surface area contributed by atoms with Crippen LogP contribution in [0.1, 0.15) is 12.0 Å². The average Bonchev–Trinajstić information content (AvgIpc) is 2.21. The molecule has 1 aromatic carbocycles. The van der Waals surface area contributed by atoms with Crippen molar-refractivity contribution >= 4 is 0 Å². The fourth-order valence-corrected chi connectivity index (χ4v) is 1.16. The van der Waals surface area contributed by atoms with Crippen LogP contribution < -0.4 is 5.32 Å². The quantitative estimate of drug-likeness (QED) is 0.581. The number of phenols is 1. The van der Waals surface area contributed by atoms with Crippen LogP contribution in [-0.2, 0) is 6.54 Å². The van der Waals surface area contributed by atoms with Crippen LogP contribution in [0.15, 0.2) is 24.8 Å². The molecule has 0 fully saturated rings. The van der Waals surface area contributed by atoms with Crippen molar-refractivity contribution in [3.63, 3.8) is 0 Å². The summed E-state index contributed by atoms with van der Waals surface area (Å²) < 4.78 is 25.8. The van der Waals surface area contributed by atoms with E-state index >= 15 is 0 Å². The van der Waals surface area contributed by atoms with E-state index in [1.54, 1.807) is 6.08 Å². The lowest BCUT2D eigenvalue weighted by atomic mass is 10.2. The van der Waals surface area contributed by atoms with Crippen LogP contribution in [-0.4, -0.2) is 11.7 Å². The number of aromatic hydroxyl groups is 1. The molecule has 0 unspecified atom stereocenters. The van der Waals surface area contributed by atoms with Crippen molar-refractivity contribution in [2.75, 3.05) is 6.54 Å².